The van der Waals surface area contributed by atoms with Crippen molar-refractivity contribution in [1.82, 2.24) is 14.5 Å². The highest BCUT2D eigenvalue weighted by Crippen LogP contribution is 2.37. The van der Waals surface area contributed by atoms with Gasteiger partial charge in [-0.15, -0.1) is 0 Å². The molecule has 2 heterocycles. The van der Waals surface area contributed by atoms with Crippen molar-refractivity contribution in [2.75, 3.05) is 0 Å². The van der Waals surface area contributed by atoms with E-state index in [0.717, 1.165) is 16.9 Å². The van der Waals surface area contributed by atoms with E-state index in [1.54, 1.807) is 18.3 Å². The molecule has 4 rings (SSSR count). The Balaban J connectivity index is 1.95. The number of imidazole rings is 1. The molecule has 30 heavy (non-hydrogen) atoms. The third kappa shape index (κ3) is 3.87. The molecule has 0 aliphatic rings. The number of nitrogens with zero attached hydrogens (tertiary/aromatic N) is 3. The fourth-order valence-corrected chi connectivity index (χ4v) is 3.84. The molecule has 0 radical (unpaired) electrons. The van der Waals surface area contributed by atoms with E-state index in [1.165, 1.54) is 0 Å². The maximum absolute atomic E-state index is 6.53. The molecule has 0 atom stereocenters. The summed E-state index contributed by atoms with van der Waals surface area (Å²) in [6.45, 7) is 8.16. The molecule has 2 aromatic carbocycles. The Bertz CT molecular complexity index is 1220. The summed E-state index contributed by atoms with van der Waals surface area (Å²) >= 11 is 18.7. The molecule has 7 heteroatoms. The summed E-state index contributed by atoms with van der Waals surface area (Å²) in [6.07, 6.45) is 1.72. The number of hydrogen-bond acceptors (Lipinski definition) is 3. The van der Waals surface area contributed by atoms with Gasteiger partial charge in [0.05, 0.1) is 16.9 Å². The Hall–Kier alpha value is -2.27. The average molecular weight is 461 g/mol. The van der Waals surface area contributed by atoms with Gasteiger partial charge in [-0.05, 0) is 49.4 Å². The van der Waals surface area contributed by atoms with Gasteiger partial charge in [0.2, 0.25) is 0 Å². The lowest BCUT2D eigenvalue weighted by atomic mass is 9.97. The molecule has 0 saturated heterocycles. The zero-order valence-corrected chi connectivity index (χ0v) is 19.3. The summed E-state index contributed by atoms with van der Waals surface area (Å²) in [5.74, 6) is 1.95. The van der Waals surface area contributed by atoms with Gasteiger partial charge in [-0.25, -0.2) is 9.97 Å². The lowest BCUT2D eigenvalue weighted by Gasteiger charge is -2.12. The number of rotatable bonds is 3. The van der Waals surface area contributed by atoms with Crippen molar-refractivity contribution in [3.63, 3.8) is 0 Å². The van der Waals surface area contributed by atoms with Crippen molar-refractivity contribution in [2.24, 2.45) is 0 Å². The Morgan fingerprint density at radius 3 is 2.20 bits per heavy atom. The van der Waals surface area contributed by atoms with E-state index < -0.39 is 0 Å². The van der Waals surface area contributed by atoms with Crippen LogP contribution < -0.4 is 0 Å². The highest BCUT2D eigenvalue weighted by Gasteiger charge is 2.25. The fourth-order valence-electron chi connectivity index (χ4n) is 3.22. The minimum atomic E-state index is -0.201. The zero-order valence-electron chi connectivity index (χ0n) is 17.0. The molecule has 0 aliphatic carbocycles. The first kappa shape index (κ1) is 21.0. The summed E-state index contributed by atoms with van der Waals surface area (Å²) in [4.78, 5) is 9.36. The predicted molar refractivity (Wildman–Crippen MR) is 123 cm³/mol. The van der Waals surface area contributed by atoms with Crippen molar-refractivity contribution in [3.8, 4) is 28.5 Å². The molecule has 0 unspecified atom stereocenters. The van der Waals surface area contributed by atoms with E-state index >= 15 is 0 Å². The van der Waals surface area contributed by atoms with E-state index in [-0.39, 0.29) is 5.41 Å². The molecule has 4 nitrogen and oxygen atoms in total. The highest BCUT2D eigenvalue weighted by molar-refractivity contribution is 6.36. The Morgan fingerprint density at radius 1 is 0.933 bits per heavy atom. The third-order valence-electron chi connectivity index (χ3n) is 4.75. The van der Waals surface area contributed by atoms with Gasteiger partial charge in [-0.3, -0.25) is 4.57 Å². The van der Waals surface area contributed by atoms with Crippen molar-refractivity contribution < 1.29 is 4.42 Å². The van der Waals surface area contributed by atoms with Gasteiger partial charge in [0.25, 0.3) is 0 Å². The molecule has 4 aromatic rings. The number of oxazole rings is 1. The van der Waals surface area contributed by atoms with E-state index in [9.17, 15) is 0 Å². The molecule has 0 N–H and O–H groups in total. The maximum atomic E-state index is 6.53. The Labute approximate surface area is 190 Å². The van der Waals surface area contributed by atoms with E-state index in [1.807, 2.05) is 41.8 Å². The summed E-state index contributed by atoms with van der Waals surface area (Å²) in [6, 6.07) is 12.9. The zero-order chi connectivity index (χ0) is 21.6. The lowest BCUT2D eigenvalue weighted by Crippen LogP contribution is -2.10. The molecule has 0 spiro atoms. The first-order chi connectivity index (χ1) is 14.1. The van der Waals surface area contributed by atoms with Gasteiger partial charge < -0.3 is 4.42 Å². The molecule has 2 aromatic heterocycles. The predicted octanol–water partition coefficient (Wildman–Crippen LogP) is 7.76. The molecular weight excluding hydrogens is 441 g/mol. The van der Waals surface area contributed by atoms with Gasteiger partial charge >= 0.3 is 0 Å². The van der Waals surface area contributed by atoms with Gasteiger partial charge in [0.15, 0.2) is 11.7 Å². The standard InChI is InChI=1S/C23H20Cl3N3O/c1-13-20(19-12-27-22(30-19)23(2,3)4)28-21(17-10-7-15(25)11-18(17)26)29(13)16-8-5-14(24)6-9-16/h5-12H,1-4H3. The quantitative estimate of drug-likeness (QED) is 0.314. The molecule has 0 amide bonds. The second kappa shape index (κ2) is 7.77. The summed E-state index contributed by atoms with van der Waals surface area (Å²) < 4.78 is 8.09. The molecule has 0 bridgehead atoms. The van der Waals surface area contributed by atoms with Crippen LogP contribution in [-0.4, -0.2) is 14.5 Å². The maximum Gasteiger partial charge on any atom is 0.200 e. The van der Waals surface area contributed by atoms with Gasteiger partial charge in [-0.2, -0.15) is 0 Å². The van der Waals surface area contributed by atoms with Crippen LogP contribution in [0.3, 0.4) is 0 Å². The van der Waals surface area contributed by atoms with Crippen LogP contribution >= 0.6 is 34.8 Å². The van der Waals surface area contributed by atoms with Gasteiger partial charge in [0, 0.05) is 26.7 Å². The van der Waals surface area contributed by atoms with Crippen LogP contribution in [-0.2, 0) is 5.41 Å². The number of aromatic nitrogens is 3. The van der Waals surface area contributed by atoms with Crippen LogP contribution in [0.15, 0.2) is 53.1 Å². The minimum Gasteiger partial charge on any atom is -0.438 e. The number of benzene rings is 2. The normalized spacial score (nSPS) is 11.8. The smallest absolute Gasteiger partial charge is 0.200 e. The Kier molecular flexibility index (Phi) is 5.43. The molecule has 0 aliphatic heterocycles. The summed E-state index contributed by atoms with van der Waals surface area (Å²) in [5.41, 5.74) is 3.07. The molecule has 154 valence electrons. The monoisotopic (exact) mass is 459 g/mol. The summed E-state index contributed by atoms with van der Waals surface area (Å²) in [5, 5.41) is 1.74. The van der Waals surface area contributed by atoms with E-state index in [4.69, 9.17) is 44.2 Å². The Morgan fingerprint density at radius 2 is 1.60 bits per heavy atom. The van der Waals surface area contributed by atoms with Crippen molar-refractivity contribution >= 4 is 34.8 Å². The van der Waals surface area contributed by atoms with E-state index in [2.05, 4.69) is 25.8 Å². The van der Waals surface area contributed by atoms with Crippen LogP contribution in [0, 0.1) is 6.92 Å². The van der Waals surface area contributed by atoms with Crippen LogP contribution in [0.5, 0.6) is 0 Å². The SMILES string of the molecule is Cc1c(-c2cnc(C(C)(C)C)o2)nc(-c2ccc(Cl)cc2Cl)n1-c1ccc(Cl)cc1. The minimum absolute atomic E-state index is 0.201. The second-order valence-electron chi connectivity index (χ2n) is 8.09. The third-order valence-corrected chi connectivity index (χ3v) is 5.54. The first-order valence-electron chi connectivity index (χ1n) is 9.42. The van der Waals surface area contributed by atoms with E-state index in [0.29, 0.717) is 38.2 Å². The van der Waals surface area contributed by atoms with Crippen LogP contribution in [0.4, 0.5) is 0 Å². The summed E-state index contributed by atoms with van der Waals surface area (Å²) in [7, 11) is 0. The number of halogens is 3. The topological polar surface area (TPSA) is 43.9 Å². The van der Waals surface area contributed by atoms with Crippen molar-refractivity contribution in [1.29, 1.82) is 0 Å². The van der Waals surface area contributed by atoms with Gasteiger partial charge in [0.1, 0.15) is 11.5 Å². The van der Waals surface area contributed by atoms with Gasteiger partial charge in [-0.1, -0.05) is 55.6 Å². The number of hydrogen-bond donors (Lipinski definition) is 0. The fraction of sp³-hybridized carbons (Fsp3) is 0.217. The molecule has 0 saturated carbocycles. The molecule has 0 fully saturated rings. The average Bonchev–Trinajstić information content (AvgIpc) is 3.28. The molecular formula is C23H20Cl3N3O. The van der Waals surface area contributed by atoms with Crippen molar-refractivity contribution in [3.05, 3.63) is 75.3 Å². The first-order valence-corrected chi connectivity index (χ1v) is 10.6. The van der Waals surface area contributed by atoms with Crippen LogP contribution in [0.25, 0.3) is 28.5 Å². The van der Waals surface area contributed by atoms with Crippen LogP contribution in [0.2, 0.25) is 15.1 Å². The largest absolute Gasteiger partial charge is 0.438 e. The second-order valence-corrected chi connectivity index (χ2v) is 9.37. The lowest BCUT2D eigenvalue weighted by molar-refractivity contribution is 0.398. The highest BCUT2D eigenvalue weighted by atomic mass is 35.5. The van der Waals surface area contributed by atoms with Crippen molar-refractivity contribution in [2.45, 2.75) is 33.1 Å². The van der Waals surface area contributed by atoms with Crippen LogP contribution in [0.1, 0.15) is 32.4 Å².